The summed E-state index contributed by atoms with van der Waals surface area (Å²) < 4.78 is 40.1. The highest BCUT2D eigenvalue weighted by Crippen LogP contribution is 2.50. The minimum atomic E-state index is -1.99. The third-order valence-corrected chi connectivity index (χ3v) is 11.0. The maximum Gasteiger partial charge on any atom is 0.530 e. The van der Waals surface area contributed by atoms with Crippen LogP contribution in [0.5, 0.6) is 28.7 Å². The van der Waals surface area contributed by atoms with Gasteiger partial charge in [-0.3, -0.25) is 4.52 Å². The topological polar surface area (TPSA) is 55.4 Å². The molecule has 0 heterocycles. The van der Waals surface area contributed by atoms with Crippen molar-refractivity contribution in [1.29, 1.82) is 0 Å². The number of hydrogen-bond donors (Lipinski definition) is 0. The lowest BCUT2D eigenvalue weighted by atomic mass is 9.86. The number of hydrogen-bond acceptors (Lipinski definition) is 6. The summed E-state index contributed by atoms with van der Waals surface area (Å²) in [7, 11) is -3.91. The highest BCUT2D eigenvalue weighted by molar-refractivity contribution is 7.43. The van der Waals surface area contributed by atoms with Gasteiger partial charge in [0.2, 0.25) is 0 Å². The Hall–Kier alpha value is -4.08. The van der Waals surface area contributed by atoms with Gasteiger partial charge in [-0.05, 0) is 52.0 Å². The van der Waals surface area contributed by atoms with E-state index in [2.05, 4.69) is 107 Å². The molecule has 0 aliphatic carbocycles. The van der Waals surface area contributed by atoms with Crippen LogP contribution in [0.3, 0.4) is 0 Å². The van der Waals surface area contributed by atoms with Crippen molar-refractivity contribution in [2.24, 2.45) is 0 Å². The Kier molecular flexibility index (Phi) is 13.3. The zero-order valence-electron chi connectivity index (χ0n) is 34.6. The van der Waals surface area contributed by atoms with Crippen LogP contribution < -0.4 is 22.6 Å². The van der Waals surface area contributed by atoms with Crippen molar-refractivity contribution in [1.82, 2.24) is 0 Å². The predicted molar refractivity (Wildman–Crippen MR) is 229 cm³/mol. The Morgan fingerprint density at radius 2 is 0.582 bits per heavy atom. The molecule has 0 saturated carbocycles. The Morgan fingerprint density at radius 3 is 0.909 bits per heavy atom. The average molecular weight is 781 g/mol. The van der Waals surface area contributed by atoms with Gasteiger partial charge >= 0.3 is 17.2 Å². The Bertz CT molecular complexity index is 1900. The molecule has 0 bridgehead atoms. The maximum absolute atomic E-state index is 6.75. The molecule has 0 spiro atoms. The molecular weight excluding hydrogens is 722 g/mol. The van der Waals surface area contributed by atoms with E-state index in [0.29, 0.717) is 17.2 Å². The van der Waals surface area contributed by atoms with E-state index in [9.17, 15) is 0 Å². The molecule has 6 nitrogen and oxygen atoms in total. The molecule has 292 valence electrons. The van der Waals surface area contributed by atoms with E-state index in [0.717, 1.165) is 39.3 Å². The van der Waals surface area contributed by atoms with Crippen LogP contribution >= 0.6 is 17.2 Å². The first-order valence-corrected chi connectivity index (χ1v) is 21.1. The lowest BCUT2D eigenvalue weighted by molar-refractivity contribution is 0.251. The van der Waals surface area contributed by atoms with Gasteiger partial charge in [0.15, 0.2) is 0 Å². The van der Waals surface area contributed by atoms with Crippen LogP contribution in [0.2, 0.25) is 0 Å². The molecular formula is C47H58O6P2. The van der Waals surface area contributed by atoms with Gasteiger partial charge < -0.3 is 22.6 Å². The van der Waals surface area contributed by atoms with Crippen LogP contribution in [0, 0.1) is 0 Å². The second-order valence-electron chi connectivity index (χ2n) is 17.8. The summed E-state index contributed by atoms with van der Waals surface area (Å²) in [4.78, 5) is 0. The molecule has 0 radical (unpaired) electrons. The fourth-order valence-corrected chi connectivity index (χ4v) is 8.14. The molecule has 55 heavy (non-hydrogen) atoms. The molecule has 0 unspecified atom stereocenters. The third kappa shape index (κ3) is 11.5. The van der Waals surface area contributed by atoms with E-state index >= 15 is 0 Å². The Labute approximate surface area is 332 Å². The van der Waals surface area contributed by atoms with Gasteiger partial charge in [-0.15, -0.1) is 0 Å². The first-order valence-electron chi connectivity index (χ1n) is 18.9. The molecule has 0 amide bonds. The minimum Gasteiger partial charge on any atom is -0.417 e. The molecule has 0 saturated heterocycles. The Morgan fingerprint density at radius 1 is 0.327 bits per heavy atom. The summed E-state index contributed by atoms with van der Waals surface area (Å²) in [6, 6.07) is 40.1. The van der Waals surface area contributed by atoms with Crippen LogP contribution in [0.15, 0.2) is 121 Å². The zero-order chi connectivity index (χ0) is 40.0. The van der Waals surface area contributed by atoms with Crippen LogP contribution in [-0.4, -0.2) is 0 Å². The summed E-state index contributed by atoms with van der Waals surface area (Å²) in [5.74, 6) is 3.44. The maximum atomic E-state index is 6.75. The van der Waals surface area contributed by atoms with Crippen LogP contribution in [0.1, 0.15) is 111 Å². The first-order chi connectivity index (χ1) is 25.8. The molecule has 5 aromatic rings. The van der Waals surface area contributed by atoms with E-state index in [4.69, 9.17) is 27.1 Å². The number of benzene rings is 5. The van der Waals surface area contributed by atoms with Gasteiger partial charge in [0.05, 0.1) is 6.61 Å². The van der Waals surface area contributed by atoms with E-state index in [1.54, 1.807) is 0 Å². The molecule has 0 N–H and O–H groups in total. The molecule has 0 fully saturated rings. The highest BCUT2D eigenvalue weighted by atomic mass is 31.2. The van der Waals surface area contributed by atoms with Crippen molar-refractivity contribution in [2.45, 2.75) is 111 Å². The molecule has 0 aliphatic rings. The monoisotopic (exact) mass is 780 g/mol. The van der Waals surface area contributed by atoms with E-state index in [-0.39, 0.29) is 28.3 Å². The lowest BCUT2D eigenvalue weighted by Crippen LogP contribution is -2.15. The summed E-state index contributed by atoms with van der Waals surface area (Å²) in [5.41, 5.74) is 4.39. The third-order valence-electron chi connectivity index (χ3n) is 8.94. The smallest absolute Gasteiger partial charge is 0.417 e. The van der Waals surface area contributed by atoms with Crippen LogP contribution in [0.25, 0.3) is 0 Å². The van der Waals surface area contributed by atoms with Gasteiger partial charge in [-0.25, -0.2) is 0 Å². The number of para-hydroxylation sites is 5. The van der Waals surface area contributed by atoms with Gasteiger partial charge in [0, 0.05) is 27.8 Å². The fraction of sp³-hybridized carbons (Fsp3) is 0.362. The van der Waals surface area contributed by atoms with Crippen molar-refractivity contribution >= 4 is 17.2 Å². The fourth-order valence-electron chi connectivity index (χ4n) is 6.03. The summed E-state index contributed by atoms with van der Waals surface area (Å²) in [6.07, 6.45) is 0. The molecule has 5 rings (SSSR count). The quantitative estimate of drug-likeness (QED) is 0.111. The summed E-state index contributed by atoms with van der Waals surface area (Å²) >= 11 is 0. The van der Waals surface area contributed by atoms with E-state index < -0.39 is 17.2 Å². The predicted octanol–water partition coefficient (Wildman–Crippen LogP) is 14.5. The van der Waals surface area contributed by atoms with E-state index in [1.807, 2.05) is 97.1 Å². The highest BCUT2D eigenvalue weighted by Gasteiger charge is 2.30. The van der Waals surface area contributed by atoms with E-state index in [1.165, 1.54) is 0 Å². The van der Waals surface area contributed by atoms with Crippen molar-refractivity contribution < 1.29 is 27.1 Å². The molecule has 0 atom stereocenters. The van der Waals surface area contributed by atoms with Gasteiger partial charge in [0.1, 0.15) is 28.7 Å². The SMILES string of the molecule is CC(C)(C)c1ccccc1OP(OCc1ccccc1OP(Oc1ccccc1C(C)(C)C)Oc1ccccc1C(C)(C)C)Oc1ccccc1C(C)(C)C. The van der Waals surface area contributed by atoms with Crippen molar-refractivity contribution in [2.75, 3.05) is 0 Å². The first kappa shape index (κ1) is 42.1. The van der Waals surface area contributed by atoms with Gasteiger partial charge in [-0.1, -0.05) is 174 Å². The number of rotatable bonds is 13. The normalized spacial score (nSPS) is 12.5. The summed E-state index contributed by atoms with van der Waals surface area (Å²) in [6.45, 7) is 26.2. The second-order valence-corrected chi connectivity index (χ2v) is 19.8. The molecule has 0 aliphatic heterocycles. The minimum absolute atomic E-state index is 0.150. The van der Waals surface area contributed by atoms with Crippen LogP contribution in [-0.2, 0) is 32.8 Å². The Balaban J connectivity index is 1.49. The van der Waals surface area contributed by atoms with Crippen LogP contribution in [0.4, 0.5) is 0 Å². The lowest BCUT2D eigenvalue weighted by Gasteiger charge is -2.28. The molecule has 8 heteroatoms. The van der Waals surface area contributed by atoms with Gasteiger partial charge in [0.25, 0.3) is 0 Å². The zero-order valence-corrected chi connectivity index (χ0v) is 36.4. The molecule has 0 aromatic heterocycles. The van der Waals surface area contributed by atoms with Crippen molar-refractivity contribution in [3.05, 3.63) is 149 Å². The van der Waals surface area contributed by atoms with Gasteiger partial charge in [-0.2, -0.15) is 0 Å². The van der Waals surface area contributed by atoms with Crippen molar-refractivity contribution in [3.63, 3.8) is 0 Å². The average Bonchev–Trinajstić information content (AvgIpc) is 3.10. The standard InChI is InChI=1S/C47H58O6P2/c1-44(2,3)35-24-14-19-29-40(35)50-54(51-41-30-20-15-25-36(41)45(4,5)6)48-33-34-23-13-18-28-39(34)49-55(52-42-31-21-16-26-37(42)46(7,8)9)53-43-32-22-17-27-38(43)47(10,11)12/h13-32H,33H2,1-12H3. The molecule has 5 aromatic carbocycles. The largest absolute Gasteiger partial charge is 0.530 e. The summed E-state index contributed by atoms with van der Waals surface area (Å²) in [5, 5.41) is 0. The van der Waals surface area contributed by atoms with Crippen molar-refractivity contribution in [3.8, 4) is 28.7 Å². The second kappa shape index (κ2) is 17.4.